The van der Waals surface area contributed by atoms with Gasteiger partial charge in [-0.1, -0.05) is 347 Å². The molecule has 0 unspecified atom stereocenters. The van der Waals surface area contributed by atoms with Crippen LogP contribution in [0.2, 0.25) is 0 Å². The molecular formula is C113H153N5O6. The fourth-order valence-electron chi connectivity index (χ4n) is 18.2. The number of nitrogens with zero attached hydrogens (tertiary/aromatic N) is 3. The van der Waals surface area contributed by atoms with Gasteiger partial charge < -0.3 is 38.6 Å². The number of aromatic amines is 2. The van der Waals surface area contributed by atoms with Crippen molar-refractivity contribution in [3.63, 3.8) is 0 Å². The van der Waals surface area contributed by atoms with Crippen LogP contribution in [0, 0.1) is 11.8 Å². The zero-order valence-corrected chi connectivity index (χ0v) is 77.4. The molecule has 666 valence electrons. The first-order chi connectivity index (χ1) is 61.2. The van der Waals surface area contributed by atoms with Crippen LogP contribution in [0.4, 0.5) is 0 Å². The number of ether oxygens (including phenoxy) is 4. The standard InChI is InChI=1S/C113H153N5O6/c1-7-13-19-25-29-33-37-41-45-51-81-121-104-59-55-60-105(122-82-52-46-42-38-34-30-26-20-14-8-2)110(104)108-96-73-71-94(114-96)91(70-65-87-63-68-90(69-64-87)113(119)120)95-72-74-97(115-95)109(111-106(123-83-53-47-43-39-35-31-27-21-15-9-3)61-56-62-107(111)124-84-54-48-44-40-36-32-28-22-16-10-4)99-76-78-101(117-99)112(100-77-75-98(108)116-100)118-102-79-66-88(57-49-23-17-11-5)85-92(102)93-86-89(67-80-103(93)118)58-50-24-18-12-6/h55-56,59-64,66-69,71-80,85-86,114,117H,7-54,57-58,81-84H2,1-6H3,(H,119,120). The number of aryl methyl sites for hydroxylation is 2. The van der Waals surface area contributed by atoms with E-state index in [0.717, 1.165) is 178 Å². The van der Waals surface area contributed by atoms with Gasteiger partial charge in [-0.25, -0.2) is 14.8 Å². The first-order valence-electron chi connectivity index (χ1n) is 50.1. The van der Waals surface area contributed by atoms with Crippen molar-refractivity contribution in [3.05, 3.63) is 172 Å². The summed E-state index contributed by atoms with van der Waals surface area (Å²) in [5.41, 5.74) is 17.0. The van der Waals surface area contributed by atoms with Crippen LogP contribution in [0.3, 0.4) is 0 Å². The number of fused-ring (bicyclic) bond motifs is 11. The van der Waals surface area contributed by atoms with E-state index < -0.39 is 5.97 Å². The molecule has 6 heterocycles. The second-order valence-corrected chi connectivity index (χ2v) is 35.6. The van der Waals surface area contributed by atoms with Gasteiger partial charge >= 0.3 is 5.97 Å². The summed E-state index contributed by atoms with van der Waals surface area (Å²) in [5.74, 6) is 9.15. The van der Waals surface area contributed by atoms with Crippen molar-refractivity contribution in [2.24, 2.45) is 0 Å². The summed E-state index contributed by atoms with van der Waals surface area (Å²) in [6.07, 6.45) is 69.6. The summed E-state index contributed by atoms with van der Waals surface area (Å²) < 4.78 is 31.4. The van der Waals surface area contributed by atoms with Gasteiger partial charge in [-0.2, -0.15) is 0 Å². The van der Waals surface area contributed by atoms with E-state index in [9.17, 15) is 9.90 Å². The molecular weight excluding hydrogens is 1520 g/mol. The molecule has 2 aliphatic heterocycles. The van der Waals surface area contributed by atoms with Crippen LogP contribution in [0.15, 0.2) is 121 Å². The lowest BCUT2D eigenvalue weighted by atomic mass is 10.0. The summed E-state index contributed by atoms with van der Waals surface area (Å²) in [5, 5.41) is 12.5. The van der Waals surface area contributed by atoms with E-state index in [4.69, 9.17) is 28.9 Å². The van der Waals surface area contributed by atoms with E-state index >= 15 is 0 Å². The minimum atomic E-state index is -0.987. The number of unbranched alkanes of at least 4 members (excludes halogenated alkanes) is 42. The molecule has 11 heteroatoms. The van der Waals surface area contributed by atoms with Gasteiger partial charge in [-0.3, -0.25) is 0 Å². The quantitative estimate of drug-likeness (QED) is 0.0253. The predicted octanol–water partition coefficient (Wildman–Crippen LogP) is 33.6. The Morgan fingerprint density at radius 3 is 1.01 bits per heavy atom. The topological polar surface area (TPSA) is 137 Å². The van der Waals surface area contributed by atoms with Gasteiger partial charge in [0.05, 0.1) is 99.2 Å². The van der Waals surface area contributed by atoms with E-state index in [1.807, 2.05) is 0 Å². The van der Waals surface area contributed by atoms with Crippen LogP contribution in [0.25, 0.3) is 96.1 Å². The number of aromatic nitrogens is 5. The highest BCUT2D eigenvalue weighted by molar-refractivity contribution is 6.11. The Bertz CT molecular complexity index is 4740. The van der Waals surface area contributed by atoms with E-state index in [-0.39, 0.29) is 5.56 Å². The molecule has 0 spiro atoms. The van der Waals surface area contributed by atoms with Crippen molar-refractivity contribution in [2.45, 2.75) is 363 Å². The normalized spacial score (nSPS) is 11.9. The lowest BCUT2D eigenvalue weighted by Gasteiger charge is -2.18. The minimum Gasteiger partial charge on any atom is -0.493 e. The van der Waals surface area contributed by atoms with Crippen molar-refractivity contribution < 1.29 is 28.8 Å². The molecule has 11 rings (SSSR count). The molecule has 0 radical (unpaired) electrons. The largest absolute Gasteiger partial charge is 0.493 e. The van der Waals surface area contributed by atoms with Crippen LogP contribution < -0.4 is 18.9 Å². The Morgan fingerprint density at radius 1 is 0.323 bits per heavy atom. The lowest BCUT2D eigenvalue weighted by Crippen LogP contribution is -2.04. The molecule has 8 bridgehead atoms. The van der Waals surface area contributed by atoms with Crippen LogP contribution in [-0.2, 0) is 12.8 Å². The summed E-state index contributed by atoms with van der Waals surface area (Å²) in [4.78, 5) is 32.4. The number of benzene rings is 5. The van der Waals surface area contributed by atoms with Crippen LogP contribution in [0.5, 0.6) is 23.0 Å². The molecule has 0 atom stereocenters. The van der Waals surface area contributed by atoms with Gasteiger partial charge in [-0.05, 0) is 184 Å². The van der Waals surface area contributed by atoms with Crippen molar-refractivity contribution in [1.29, 1.82) is 0 Å². The first kappa shape index (κ1) is 95.4. The summed E-state index contributed by atoms with van der Waals surface area (Å²) in [7, 11) is 0. The van der Waals surface area contributed by atoms with Gasteiger partial charge in [0, 0.05) is 38.5 Å². The molecule has 4 aromatic heterocycles. The van der Waals surface area contributed by atoms with Crippen molar-refractivity contribution in [2.75, 3.05) is 26.4 Å². The fraction of sp³-hybridized carbons (Fsp3) is 0.531. The number of nitrogens with one attached hydrogen (secondary N) is 2. The van der Waals surface area contributed by atoms with Crippen molar-refractivity contribution >= 4 is 74.1 Å². The third kappa shape index (κ3) is 29.1. The molecule has 3 N–H and O–H groups in total. The highest BCUT2D eigenvalue weighted by Gasteiger charge is 2.27. The molecule has 2 aliphatic rings. The fourth-order valence-corrected chi connectivity index (χ4v) is 18.2. The highest BCUT2D eigenvalue weighted by atomic mass is 16.5. The molecule has 0 fully saturated rings. The second kappa shape index (κ2) is 54.6. The number of H-pyrrole nitrogens is 2. The highest BCUT2D eigenvalue weighted by Crippen LogP contribution is 2.47. The lowest BCUT2D eigenvalue weighted by molar-refractivity contribution is 0.0696. The van der Waals surface area contributed by atoms with Gasteiger partial charge in [-0.15, -0.1) is 0 Å². The second-order valence-electron chi connectivity index (χ2n) is 35.6. The first-order valence-corrected chi connectivity index (χ1v) is 50.1. The van der Waals surface area contributed by atoms with Crippen LogP contribution in [0.1, 0.15) is 405 Å². The Hall–Kier alpha value is -9.27. The molecule has 9 aromatic rings. The Labute approximate surface area is 746 Å². The Kier molecular flexibility index (Phi) is 42.0. The smallest absolute Gasteiger partial charge is 0.335 e. The number of carbonyl (C=O) groups is 1. The maximum absolute atomic E-state index is 12.3. The maximum atomic E-state index is 12.3. The SMILES string of the molecule is CCCCCCCCCCCCOc1cccc(OCCCCCCCCCCCC)c1-c1c2nc(c(-n3c4ccc(CCCCCC)cc4c4cc(CCCCCC)ccc43)c3ccc([nH]3)c(-c3c(OCCCCCCCCCCCC)cccc3OCCCCCCCCCCCC)c3nc(c(C#Cc4ccc(C(=O)O)cc4)c4ccc1[nH]4)C=C3)C=C2. The van der Waals surface area contributed by atoms with E-state index in [2.05, 4.69) is 189 Å². The molecule has 124 heavy (non-hydrogen) atoms. The van der Waals surface area contributed by atoms with E-state index in [0.29, 0.717) is 43.2 Å². The van der Waals surface area contributed by atoms with Gasteiger partial charge in [0.15, 0.2) is 0 Å². The minimum absolute atomic E-state index is 0.199. The number of aromatic carboxylic acids is 1. The monoisotopic (exact) mass is 1680 g/mol. The van der Waals surface area contributed by atoms with Crippen LogP contribution in [-0.4, -0.2) is 62.0 Å². The molecule has 0 saturated carbocycles. The Balaban J connectivity index is 1.15. The number of carboxylic acids is 1. The summed E-state index contributed by atoms with van der Waals surface area (Å²) in [6.45, 7) is 16.0. The zero-order chi connectivity index (χ0) is 86.4. The predicted molar refractivity (Wildman–Crippen MR) is 528 cm³/mol. The van der Waals surface area contributed by atoms with E-state index in [1.165, 1.54) is 266 Å². The van der Waals surface area contributed by atoms with E-state index in [1.54, 1.807) is 24.3 Å². The molecule has 0 saturated heterocycles. The zero-order valence-electron chi connectivity index (χ0n) is 77.4. The summed E-state index contributed by atoms with van der Waals surface area (Å²) >= 11 is 0. The Morgan fingerprint density at radius 2 is 0.637 bits per heavy atom. The van der Waals surface area contributed by atoms with Gasteiger partial charge in [0.25, 0.3) is 0 Å². The molecule has 5 aromatic carbocycles. The number of rotatable bonds is 62. The maximum Gasteiger partial charge on any atom is 0.335 e. The third-order valence-electron chi connectivity index (χ3n) is 25.4. The molecule has 0 aliphatic carbocycles. The number of hydrogen-bond donors (Lipinski definition) is 3. The van der Waals surface area contributed by atoms with Gasteiger partial charge in [0.2, 0.25) is 0 Å². The molecule has 0 amide bonds. The number of carboxylic acid groups (broad SMARTS) is 1. The van der Waals surface area contributed by atoms with Crippen molar-refractivity contribution in [1.82, 2.24) is 24.5 Å². The van der Waals surface area contributed by atoms with Crippen LogP contribution >= 0.6 is 0 Å². The summed E-state index contributed by atoms with van der Waals surface area (Å²) in [6, 6.07) is 42.9. The average Bonchev–Trinajstić information content (AvgIpc) is 1.57. The number of hydrogen-bond acceptors (Lipinski definition) is 7. The third-order valence-corrected chi connectivity index (χ3v) is 25.4. The van der Waals surface area contributed by atoms with Gasteiger partial charge in [0.1, 0.15) is 23.0 Å². The van der Waals surface area contributed by atoms with Crippen molar-refractivity contribution in [3.8, 4) is 62.8 Å². The molecule has 11 nitrogen and oxygen atoms in total. The average molecular weight is 1680 g/mol.